The van der Waals surface area contributed by atoms with Gasteiger partial charge in [-0.15, -0.1) is 0 Å². The molecule has 0 aliphatic heterocycles. The number of aromatic nitrogens is 2. The third kappa shape index (κ3) is 3.19. The van der Waals surface area contributed by atoms with Crippen molar-refractivity contribution in [3.05, 3.63) is 36.7 Å². The third-order valence-corrected chi connectivity index (χ3v) is 5.44. The molecule has 0 radical (unpaired) electrons. The lowest BCUT2D eigenvalue weighted by Crippen LogP contribution is -2.30. The Morgan fingerprint density at radius 1 is 1.27 bits per heavy atom. The van der Waals surface area contributed by atoms with Crippen molar-refractivity contribution in [2.75, 3.05) is 5.32 Å². The highest BCUT2D eigenvalue weighted by Gasteiger charge is 2.36. The first-order valence-corrected chi connectivity index (χ1v) is 8.45. The predicted octanol–water partition coefficient (Wildman–Crippen LogP) is 4.09. The SMILES string of the molecule is Cn1ccnc1Sc1ccc(NC(=O)C2(C)CCCC2)cc1. The van der Waals surface area contributed by atoms with Gasteiger partial charge in [0.15, 0.2) is 5.16 Å². The molecular formula is C17H21N3OS. The van der Waals surface area contributed by atoms with Crippen LogP contribution >= 0.6 is 11.8 Å². The minimum absolute atomic E-state index is 0.148. The van der Waals surface area contributed by atoms with Crippen molar-refractivity contribution >= 4 is 23.4 Å². The summed E-state index contributed by atoms with van der Waals surface area (Å²) in [4.78, 5) is 17.8. The quantitative estimate of drug-likeness (QED) is 0.924. The Balaban J connectivity index is 1.64. The van der Waals surface area contributed by atoms with Crippen LogP contribution in [0.5, 0.6) is 0 Å². The lowest BCUT2D eigenvalue weighted by Gasteiger charge is -2.22. The van der Waals surface area contributed by atoms with Crippen LogP contribution in [0, 0.1) is 5.41 Å². The zero-order chi connectivity index (χ0) is 15.6. The van der Waals surface area contributed by atoms with Crippen molar-refractivity contribution in [2.45, 2.75) is 42.7 Å². The summed E-state index contributed by atoms with van der Waals surface area (Å²) < 4.78 is 1.99. The Kier molecular flexibility index (Phi) is 4.25. The predicted molar refractivity (Wildman–Crippen MR) is 89.0 cm³/mol. The molecule has 1 saturated carbocycles. The van der Waals surface area contributed by atoms with E-state index in [1.807, 2.05) is 42.1 Å². The number of rotatable bonds is 4. The second-order valence-electron chi connectivity index (χ2n) is 6.17. The summed E-state index contributed by atoms with van der Waals surface area (Å²) in [5.41, 5.74) is 0.669. The second kappa shape index (κ2) is 6.16. The van der Waals surface area contributed by atoms with Crippen LogP contribution in [0.3, 0.4) is 0 Å². The number of aryl methyl sites for hydroxylation is 1. The highest BCUT2D eigenvalue weighted by Crippen LogP contribution is 2.38. The average Bonchev–Trinajstić information content (AvgIpc) is 3.11. The molecule has 1 aliphatic carbocycles. The van der Waals surface area contributed by atoms with Crippen LogP contribution in [-0.2, 0) is 11.8 Å². The lowest BCUT2D eigenvalue weighted by molar-refractivity contribution is -0.124. The summed E-state index contributed by atoms with van der Waals surface area (Å²) in [6.45, 7) is 2.07. The standard InChI is InChI=1S/C17H21N3OS/c1-17(9-3-4-10-17)15(21)19-13-5-7-14(8-6-13)22-16-18-11-12-20(16)2/h5-8,11-12H,3-4,9-10H2,1-2H3,(H,19,21). The molecule has 1 heterocycles. The van der Waals surface area contributed by atoms with Gasteiger partial charge in [-0.1, -0.05) is 31.5 Å². The van der Waals surface area contributed by atoms with E-state index < -0.39 is 0 Å². The number of nitrogens with zero attached hydrogens (tertiary/aromatic N) is 2. The van der Waals surface area contributed by atoms with Crippen LogP contribution in [0.15, 0.2) is 46.7 Å². The molecule has 0 unspecified atom stereocenters. The van der Waals surface area contributed by atoms with E-state index in [-0.39, 0.29) is 11.3 Å². The van der Waals surface area contributed by atoms with Gasteiger partial charge in [0.05, 0.1) is 0 Å². The Hall–Kier alpha value is -1.75. The summed E-state index contributed by atoms with van der Waals surface area (Å²) >= 11 is 1.61. The molecule has 22 heavy (non-hydrogen) atoms. The van der Waals surface area contributed by atoms with Gasteiger partial charge >= 0.3 is 0 Å². The molecule has 1 aromatic carbocycles. The molecule has 1 aliphatic rings. The van der Waals surface area contributed by atoms with Crippen molar-refractivity contribution in [3.8, 4) is 0 Å². The molecule has 0 atom stereocenters. The van der Waals surface area contributed by atoms with Gasteiger partial charge in [0.2, 0.25) is 5.91 Å². The topological polar surface area (TPSA) is 46.9 Å². The first kappa shape index (κ1) is 15.2. The van der Waals surface area contributed by atoms with Gasteiger partial charge in [0, 0.05) is 35.4 Å². The fourth-order valence-corrected chi connectivity index (χ4v) is 3.63. The van der Waals surface area contributed by atoms with Crippen LogP contribution in [-0.4, -0.2) is 15.5 Å². The Morgan fingerprint density at radius 3 is 2.55 bits per heavy atom. The summed E-state index contributed by atoms with van der Waals surface area (Å²) in [7, 11) is 1.98. The van der Waals surface area contributed by atoms with Crippen molar-refractivity contribution < 1.29 is 4.79 Å². The van der Waals surface area contributed by atoms with Gasteiger partial charge in [-0.2, -0.15) is 0 Å². The van der Waals surface area contributed by atoms with Crippen LogP contribution in [0.2, 0.25) is 0 Å². The van der Waals surface area contributed by atoms with Gasteiger partial charge in [0.25, 0.3) is 0 Å². The molecule has 0 spiro atoms. The first-order chi connectivity index (χ1) is 10.6. The molecule has 0 saturated heterocycles. The fourth-order valence-electron chi connectivity index (χ4n) is 2.83. The summed E-state index contributed by atoms with van der Waals surface area (Å²) in [6, 6.07) is 7.96. The fraction of sp³-hybridized carbons (Fsp3) is 0.412. The summed E-state index contributed by atoms with van der Waals surface area (Å²) in [5, 5.41) is 4.01. The van der Waals surface area contributed by atoms with Crippen LogP contribution in [0.1, 0.15) is 32.6 Å². The van der Waals surface area contributed by atoms with E-state index in [9.17, 15) is 4.79 Å². The van der Waals surface area contributed by atoms with Crippen LogP contribution < -0.4 is 5.32 Å². The number of hydrogen-bond acceptors (Lipinski definition) is 3. The normalized spacial score (nSPS) is 16.6. The third-order valence-electron chi connectivity index (χ3n) is 4.35. The summed E-state index contributed by atoms with van der Waals surface area (Å²) in [5.74, 6) is 0.148. The molecule has 1 N–H and O–H groups in total. The number of carbonyl (C=O) groups excluding carboxylic acids is 1. The monoisotopic (exact) mass is 315 g/mol. The van der Waals surface area contributed by atoms with E-state index in [0.717, 1.165) is 41.4 Å². The molecular weight excluding hydrogens is 294 g/mol. The van der Waals surface area contributed by atoms with E-state index in [1.165, 1.54) is 0 Å². The highest BCUT2D eigenvalue weighted by atomic mass is 32.2. The van der Waals surface area contributed by atoms with Crippen molar-refractivity contribution in [2.24, 2.45) is 12.5 Å². The molecule has 1 fully saturated rings. The van der Waals surface area contributed by atoms with Crippen molar-refractivity contribution in [3.63, 3.8) is 0 Å². The Morgan fingerprint density at radius 2 is 1.95 bits per heavy atom. The Bertz CT molecular complexity index is 657. The van der Waals surface area contributed by atoms with E-state index in [0.29, 0.717) is 0 Å². The molecule has 3 rings (SSSR count). The van der Waals surface area contributed by atoms with Gasteiger partial charge < -0.3 is 9.88 Å². The molecule has 116 valence electrons. The van der Waals surface area contributed by atoms with Gasteiger partial charge in [-0.25, -0.2) is 4.98 Å². The molecule has 1 aromatic heterocycles. The lowest BCUT2D eigenvalue weighted by atomic mass is 9.88. The maximum atomic E-state index is 12.4. The van der Waals surface area contributed by atoms with Crippen molar-refractivity contribution in [1.82, 2.24) is 9.55 Å². The number of imidazole rings is 1. The van der Waals surface area contributed by atoms with Gasteiger partial charge in [0.1, 0.15) is 0 Å². The molecule has 1 amide bonds. The highest BCUT2D eigenvalue weighted by molar-refractivity contribution is 7.99. The Labute approximate surface area is 135 Å². The number of benzene rings is 1. The number of anilines is 1. The minimum Gasteiger partial charge on any atom is -0.329 e. The molecule has 5 heteroatoms. The zero-order valence-electron chi connectivity index (χ0n) is 13.0. The molecule has 0 bridgehead atoms. The van der Waals surface area contributed by atoms with E-state index in [1.54, 1.807) is 18.0 Å². The van der Waals surface area contributed by atoms with E-state index >= 15 is 0 Å². The van der Waals surface area contributed by atoms with E-state index in [2.05, 4.69) is 17.2 Å². The van der Waals surface area contributed by atoms with Crippen molar-refractivity contribution in [1.29, 1.82) is 0 Å². The van der Waals surface area contributed by atoms with Gasteiger partial charge in [-0.3, -0.25) is 4.79 Å². The maximum absolute atomic E-state index is 12.4. The average molecular weight is 315 g/mol. The second-order valence-corrected chi connectivity index (χ2v) is 7.21. The largest absolute Gasteiger partial charge is 0.329 e. The van der Waals surface area contributed by atoms with Crippen LogP contribution in [0.25, 0.3) is 0 Å². The number of carbonyl (C=O) groups is 1. The van der Waals surface area contributed by atoms with Crippen LogP contribution in [0.4, 0.5) is 5.69 Å². The summed E-state index contributed by atoms with van der Waals surface area (Å²) in [6.07, 6.45) is 8.02. The number of nitrogens with one attached hydrogen (secondary N) is 1. The molecule has 2 aromatic rings. The maximum Gasteiger partial charge on any atom is 0.230 e. The van der Waals surface area contributed by atoms with E-state index in [4.69, 9.17) is 0 Å². The number of hydrogen-bond donors (Lipinski definition) is 1. The first-order valence-electron chi connectivity index (χ1n) is 7.64. The number of amides is 1. The minimum atomic E-state index is -0.194. The molecule has 4 nitrogen and oxygen atoms in total. The smallest absolute Gasteiger partial charge is 0.230 e. The zero-order valence-corrected chi connectivity index (χ0v) is 13.8. The van der Waals surface area contributed by atoms with Gasteiger partial charge in [-0.05, 0) is 37.1 Å².